The Balaban J connectivity index is 2.79. The highest BCUT2D eigenvalue weighted by Gasteiger charge is 2.22. The maximum Gasteiger partial charge on any atom is 0.322 e. The summed E-state index contributed by atoms with van der Waals surface area (Å²) in [7, 11) is 0. The Morgan fingerprint density at radius 1 is 1.38 bits per heavy atom. The van der Waals surface area contributed by atoms with Crippen LogP contribution in [-0.2, 0) is 4.79 Å². The second kappa shape index (κ2) is 4.25. The lowest BCUT2D eigenvalue weighted by Gasteiger charge is -2.13. The summed E-state index contributed by atoms with van der Waals surface area (Å²) in [4.78, 5) is 10.5. The molecule has 0 amide bonds. The van der Waals surface area contributed by atoms with Crippen molar-refractivity contribution >= 4 is 17.6 Å². The molecule has 13 heavy (non-hydrogen) atoms. The zero-order chi connectivity index (χ0) is 9.84. The van der Waals surface area contributed by atoms with E-state index in [0.29, 0.717) is 0 Å². The summed E-state index contributed by atoms with van der Waals surface area (Å²) in [5.41, 5.74) is 6.08. The molecule has 0 aliphatic carbocycles. The van der Waals surface area contributed by atoms with E-state index in [2.05, 4.69) is 0 Å². The first kappa shape index (κ1) is 10.0. The van der Waals surface area contributed by atoms with E-state index in [0.717, 1.165) is 5.56 Å². The number of nitrogens with two attached hydrogens (primary N) is 1. The first-order chi connectivity index (χ1) is 6.13. The minimum absolute atomic E-state index is 0.682. The number of rotatable bonds is 3. The van der Waals surface area contributed by atoms with Crippen molar-refractivity contribution < 1.29 is 9.90 Å². The van der Waals surface area contributed by atoms with Gasteiger partial charge in [0.25, 0.3) is 0 Å². The van der Waals surface area contributed by atoms with Gasteiger partial charge >= 0.3 is 5.97 Å². The van der Waals surface area contributed by atoms with Crippen LogP contribution in [0, 0.1) is 0 Å². The van der Waals surface area contributed by atoms with Gasteiger partial charge in [0.2, 0.25) is 0 Å². The maximum atomic E-state index is 10.5. The van der Waals surface area contributed by atoms with E-state index in [4.69, 9.17) is 22.4 Å². The van der Waals surface area contributed by atoms with Gasteiger partial charge in [-0.05, 0) is 5.56 Å². The Bertz CT molecular complexity index is 289. The van der Waals surface area contributed by atoms with Crippen molar-refractivity contribution in [2.75, 3.05) is 0 Å². The molecule has 0 heterocycles. The van der Waals surface area contributed by atoms with Gasteiger partial charge in [0.05, 0.1) is 5.38 Å². The van der Waals surface area contributed by atoms with Crippen LogP contribution in [0.25, 0.3) is 0 Å². The molecule has 0 aromatic heterocycles. The number of benzene rings is 1. The number of hydrogen-bond acceptors (Lipinski definition) is 2. The fourth-order valence-corrected chi connectivity index (χ4v) is 1.22. The molecular formula is C9H10ClNO2. The largest absolute Gasteiger partial charge is 0.480 e. The number of carboxylic acids is 1. The number of carbonyl (C=O) groups is 1. The minimum Gasteiger partial charge on any atom is -0.480 e. The lowest BCUT2D eigenvalue weighted by Crippen LogP contribution is -2.34. The summed E-state index contributed by atoms with van der Waals surface area (Å²) >= 11 is 5.85. The third-order valence-electron chi connectivity index (χ3n) is 1.72. The number of alkyl halides is 1. The number of aliphatic carboxylic acids is 1. The molecular weight excluding hydrogens is 190 g/mol. The van der Waals surface area contributed by atoms with Gasteiger partial charge in [0.1, 0.15) is 6.04 Å². The predicted molar refractivity (Wildman–Crippen MR) is 50.6 cm³/mol. The van der Waals surface area contributed by atoms with Gasteiger partial charge in [-0.3, -0.25) is 4.79 Å². The van der Waals surface area contributed by atoms with E-state index in [9.17, 15) is 4.79 Å². The molecule has 0 saturated carbocycles. The van der Waals surface area contributed by atoms with Crippen molar-refractivity contribution in [3.8, 4) is 0 Å². The van der Waals surface area contributed by atoms with Crippen LogP contribution >= 0.6 is 11.6 Å². The van der Waals surface area contributed by atoms with Crippen LogP contribution in [0.1, 0.15) is 10.9 Å². The maximum absolute atomic E-state index is 10.5. The first-order valence-corrected chi connectivity index (χ1v) is 4.24. The molecule has 2 atom stereocenters. The third-order valence-corrected chi connectivity index (χ3v) is 2.24. The Hall–Kier alpha value is -1.06. The van der Waals surface area contributed by atoms with Gasteiger partial charge in [0, 0.05) is 0 Å². The standard InChI is InChI=1S/C9H10ClNO2/c10-7(8(11)9(12)13)6-4-2-1-3-5-6/h1-5,7-8H,11H2,(H,12,13). The van der Waals surface area contributed by atoms with Crippen molar-refractivity contribution in [2.45, 2.75) is 11.4 Å². The number of carboxylic acid groups (broad SMARTS) is 1. The number of hydrogen-bond donors (Lipinski definition) is 2. The Kier molecular flexibility index (Phi) is 3.28. The van der Waals surface area contributed by atoms with Crippen LogP contribution in [0.15, 0.2) is 30.3 Å². The average molecular weight is 200 g/mol. The van der Waals surface area contributed by atoms with E-state index in [1.807, 2.05) is 6.07 Å². The van der Waals surface area contributed by atoms with Crippen molar-refractivity contribution in [2.24, 2.45) is 5.73 Å². The minimum atomic E-state index is -1.09. The molecule has 2 unspecified atom stereocenters. The van der Waals surface area contributed by atoms with Gasteiger partial charge in [-0.15, -0.1) is 11.6 Å². The van der Waals surface area contributed by atoms with Crippen LogP contribution in [0.4, 0.5) is 0 Å². The molecule has 70 valence electrons. The van der Waals surface area contributed by atoms with E-state index in [1.54, 1.807) is 24.3 Å². The van der Waals surface area contributed by atoms with Gasteiger partial charge in [-0.1, -0.05) is 30.3 Å². The lowest BCUT2D eigenvalue weighted by molar-refractivity contribution is -0.138. The van der Waals surface area contributed by atoms with Crippen molar-refractivity contribution in [1.82, 2.24) is 0 Å². The van der Waals surface area contributed by atoms with Crippen LogP contribution in [-0.4, -0.2) is 17.1 Å². The van der Waals surface area contributed by atoms with Crippen LogP contribution in [0.3, 0.4) is 0 Å². The topological polar surface area (TPSA) is 63.3 Å². The molecule has 1 aromatic carbocycles. The van der Waals surface area contributed by atoms with Crippen LogP contribution in [0.5, 0.6) is 0 Å². The monoisotopic (exact) mass is 199 g/mol. The van der Waals surface area contributed by atoms with Gasteiger partial charge in [0.15, 0.2) is 0 Å². The summed E-state index contributed by atoms with van der Waals surface area (Å²) in [6.07, 6.45) is 0. The molecule has 0 aliphatic heterocycles. The Morgan fingerprint density at radius 2 is 1.92 bits per heavy atom. The smallest absolute Gasteiger partial charge is 0.322 e. The average Bonchev–Trinajstić information content (AvgIpc) is 2.17. The van der Waals surface area contributed by atoms with E-state index in [-0.39, 0.29) is 0 Å². The summed E-state index contributed by atoms with van der Waals surface area (Å²) < 4.78 is 0. The highest BCUT2D eigenvalue weighted by atomic mass is 35.5. The molecule has 0 aliphatic rings. The highest BCUT2D eigenvalue weighted by molar-refractivity contribution is 6.22. The molecule has 0 spiro atoms. The van der Waals surface area contributed by atoms with Gasteiger partial charge < -0.3 is 10.8 Å². The van der Waals surface area contributed by atoms with Gasteiger partial charge in [-0.2, -0.15) is 0 Å². The molecule has 3 N–H and O–H groups in total. The fraction of sp³-hybridized carbons (Fsp3) is 0.222. The lowest BCUT2D eigenvalue weighted by atomic mass is 10.1. The van der Waals surface area contributed by atoms with E-state index >= 15 is 0 Å². The second-order valence-corrected chi connectivity index (χ2v) is 3.15. The second-order valence-electron chi connectivity index (χ2n) is 2.68. The summed E-state index contributed by atoms with van der Waals surface area (Å²) in [6, 6.07) is 7.85. The van der Waals surface area contributed by atoms with Crippen molar-refractivity contribution in [3.05, 3.63) is 35.9 Å². The van der Waals surface area contributed by atoms with Crippen molar-refractivity contribution in [3.63, 3.8) is 0 Å². The molecule has 0 radical (unpaired) electrons. The Labute approximate surface area is 81.1 Å². The van der Waals surface area contributed by atoms with Gasteiger partial charge in [-0.25, -0.2) is 0 Å². The molecule has 1 aromatic rings. The third kappa shape index (κ3) is 2.44. The normalized spacial score (nSPS) is 14.9. The summed E-state index contributed by atoms with van der Waals surface area (Å²) in [6.45, 7) is 0. The SMILES string of the molecule is NC(C(=O)O)C(Cl)c1ccccc1. The highest BCUT2D eigenvalue weighted by Crippen LogP contribution is 2.22. The predicted octanol–water partition coefficient (Wildman–Crippen LogP) is 1.38. The molecule has 0 saturated heterocycles. The zero-order valence-electron chi connectivity index (χ0n) is 6.85. The van der Waals surface area contributed by atoms with Crippen molar-refractivity contribution in [1.29, 1.82) is 0 Å². The summed E-state index contributed by atoms with van der Waals surface area (Å²) in [5, 5.41) is 7.92. The molecule has 0 fully saturated rings. The fourth-order valence-electron chi connectivity index (χ4n) is 0.969. The number of halogens is 1. The Morgan fingerprint density at radius 3 is 2.38 bits per heavy atom. The zero-order valence-corrected chi connectivity index (χ0v) is 7.61. The quantitative estimate of drug-likeness (QED) is 0.723. The van der Waals surface area contributed by atoms with Crippen LogP contribution in [0.2, 0.25) is 0 Å². The molecule has 4 heteroatoms. The van der Waals surface area contributed by atoms with E-state index in [1.165, 1.54) is 0 Å². The molecule has 1 rings (SSSR count). The molecule has 0 bridgehead atoms. The summed E-state index contributed by atoms with van der Waals surface area (Å²) in [5.74, 6) is -1.09. The van der Waals surface area contributed by atoms with Crippen LogP contribution < -0.4 is 5.73 Å². The first-order valence-electron chi connectivity index (χ1n) is 3.80. The molecule has 3 nitrogen and oxygen atoms in total. The van der Waals surface area contributed by atoms with E-state index < -0.39 is 17.4 Å².